The Balaban J connectivity index is 1.62. The molecule has 12 nitrogen and oxygen atoms in total. The summed E-state index contributed by atoms with van der Waals surface area (Å²) in [5, 5.41) is 16.6. The van der Waals surface area contributed by atoms with Crippen LogP contribution >= 0.6 is 0 Å². The fourth-order valence-electron chi connectivity index (χ4n) is 4.53. The molecule has 0 unspecified atom stereocenters. The van der Waals surface area contributed by atoms with E-state index in [4.69, 9.17) is 9.26 Å². The van der Waals surface area contributed by atoms with Gasteiger partial charge < -0.3 is 29.5 Å². The first kappa shape index (κ1) is 29.9. The van der Waals surface area contributed by atoms with Crippen LogP contribution in [0.5, 0.6) is 5.75 Å². The van der Waals surface area contributed by atoms with Gasteiger partial charge in [-0.1, -0.05) is 30.3 Å². The number of aryl methyl sites for hydroxylation is 2. The summed E-state index contributed by atoms with van der Waals surface area (Å²) < 4.78 is 39.8. The van der Waals surface area contributed by atoms with E-state index >= 15 is 0 Å². The van der Waals surface area contributed by atoms with Crippen LogP contribution in [0.4, 0.5) is 16.2 Å². The van der Waals surface area contributed by atoms with Crippen LogP contribution in [0, 0.1) is 19.8 Å². The molecule has 3 amide bonds. The largest absolute Gasteiger partial charge is 0.487 e. The molecule has 0 spiro atoms. The van der Waals surface area contributed by atoms with Gasteiger partial charge in [-0.15, -0.1) is 0 Å². The van der Waals surface area contributed by atoms with Gasteiger partial charge in [0.25, 0.3) is 15.9 Å². The number of anilines is 2. The molecule has 13 heteroatoms. The van der Waals surface area contributed by atoms with E-state index < -0.39 is 28.1 Å². The van der Waals surface area contributed by atoms with E-state index in [-0.39, 0.29) is 53.5 Å². The van der Waals surface area contributed by atoms with Crippen molar-refractivity contribution in [2.24, 2.45) is 5.92 Å². The van der Waals surface area contributed by atoms with E-state index in [9.17, 15) is 23.1 Å². The van der Waals surface area contributed by atoms with Crippen LogP contribution in [0.2, 0.25) is 0 Å². The first-order chi connectivity index (χ1) is 19.4. The molecule has 1 aliphatic heterocycles. The lowest BCUT2D eigenvalue weighted by Crippen LogP contribution is -2.50. The van der Waals surface area contributed by atoms with E-state index in [1.807, 2.05) is 6.92 Å². The van der Waals surface area contributed by atoms with Gasteiger partial charge in [0.2, 0.25) is 0 Å². The zero-order valence-electron chi connectivity index (χ0n) is 23.6. The quantitative estimate of drug-likeness (QED) is 0.363. The van der Waals surface area contributed by atoms with Gasteiger partial charge in [0.1, 0.15) is 23.2 Å². The monoisotopic (exact) mass is 585 g/mol. The highest BCUT2D eigenvalue weighted by atomic mass is 32.2. The molecule has 1 aliphatic rings. The van der Waals surface area contributed by atoms with Gasteiger partial charge in [-0.3, -0.25) is 9.52 Å². The third-order valence-electron chi connectivity index (χ3n) is 7.04. The summed E-state index contributed by atoms with van der Waals surface area (Å²) in [5.41, 5.74) is 1.37. The average Bonchev–Trinajstić information content (AvgIpc) is 3.27. The topological polar surface area (TPSA) is 154 Å². The zero-order valence-corrected chi connectivity index (χ0v) is 24.4. The molecule has 0 saturated heterocycles. The third kappa shape index (κ3) is 6.63. The van der Waals surface area contributed by atoms with Crippen molar-refractivity contribution >= 4 is 33.3 Å². The molecule has 3 aromatic rings. The highest BCUT2D eigenvalue weighted by molar-refractivity contribution is 7.92. The number of likely N-dealkylation sites (N-methyl/N-ethyl adjacent to an activating group) is 1. The molecule has 3 N–H and O–H groups in total. The van der Waals surface area contributed by atoms with Crippen molar-refractivity contribution in [3.63, 3.8) is 0 Å². The third-order valence-corrected chi connectivity index (χ3v) is 8.43. The van der Waals surface area contributed by atoms with Crippen molar-refractivity contribution in [3.05, 3.63) is 65.5 Å². The van der Waals surface area contributed by atoms with Crippen molar-refractivity contribution in [1.29, 1.82) is 0 Å². The van der Waals surface area contributed by atoms with Gasteiger partial charge in [-0.25, -0.2) is 13.2 Å². The predicted octanol–water partition coefficient (Wildman–Crippen LogP) is 3.48. The Morgan fingerprint density at radius 2 is 1.93 bits per heavy atom. The second-order valence-corrected chi connectivity index (χ2v) is 11.9. The first-order valence-electron chi connectivity index (χ1n) is 13.2. The summed E-state index contributed by atoms with van der Waals surface area (Å²) >= 11 is 0. The smallest absolute Gasteiger partial charge is 0.321 e. The molecule has 3 atom stereocenters. The van der Waals surface area contributed by atoms with Crippen LogP contribution in [0.25, 0.3) is 0 Å². The molecule has 0 fully saturated rings. The van der Waals surface area contributed by atoms with Gasteiger partial charge >= 0.3 is 6.03 Å². The van der Waals surface area contributed by atoms with Crippen LogP contribution in [-0.2, 0) is 10.0 Å². The number of aliphatic hydroxyl groups excluding tert-OH is 1. The maximum Gasteiger partial charge on any atom is 0.321 e. The average molecular weight is 586 g/mol. The maximum atomic E-state index is 13.7. The number of carbonyl (C=O) groups is 2. The van der Waals surface area contributed by atoms with Crippen molar-refractivity contribution in [2.45, 2.75) is 44.7 Å². The molecule has 1 aromatic heterocycles. The fraction of sp³-hybridized carbons (Fsp3) is 0.393. The molecule has 0 bridgehead atoms. The minimum absolute atomic E-state index is 0.0802. The number of hydrogen-bond donors (Lipinski definition) is 3. The summed E-state index contributed by atoms with van der Waals surface area (Å²) in [5.74, 6) is 0.0901. The Morgan fingerprint density at radius 3 is 2.56 bits per heavy atom. The SMILES string of the molecule is Cc1noc(C)c1NC(=O)N(C)C[C@H]1Oc2ccc(NS(=O)(=O)c3ccccc3)cc2C(=O)N([C@@H](C)CO)C[C@H]1C. The number of fused-ring (bicyclic) bond motifs is 1. The number of hydrogen-bond acceptors (Lipinski definition) is 8. The number of nitrogens with zero attached hydrogens (tertiary/aromatic N) is 3. The number of aromatic nitrogens is 1. The highest BCUT2D eigenvalue weighted by Crippen LogP contribution is 2.31. The summed E-state index contributed by atoms with van der Waals surface area (Å²) in [7, 11) is -2.27. The molecule has 0 aliphatic carbocycles. The molecule has 4 rings (SSSR count). The minimum Gasteiger partial charge on any atom is -0.487 e. The summed E-state index contributed by atoms with van der Waals surface area (Å²) in [4.78, 5) is 29.7. The molecule has 0 radical (unpaired) electrons. The number of aliphatic hydroxyl groups is 1. The maximum absolute atomic E-state index is 13.7. The molecular weight excluding hydrogens is 550 g/mol. The molecular formula is C28H35N5O7S. The number of benzene rings is 2. The number of sulfonamides is 1. The van der Waals surface area contributed by atoms with Crippen molar-refractivity contribution in [3.8, 4) is 5.75 Å². The molecule has 0 saturated carbocycles. The van der Waals surface area contributed by atoms with Gasteiger partial charge in [0.05, 0.1) is 29.7 Å². The zero-order chi connectivity index (χ0) is 29.9. The normalized spacial score (nSPS) is 18.0. The number of rotatable bonds is 8. The van der Waals surface area contributed by atoms with Crippen molar-refractivity contribution in [2.75, 3.05) is 36.8 Å². The van der Waals surface area contributed by atoms with Crippen LogP contribution in [0.15, 0.2) is 57.9 Å². The van der Waals surface area contributed by atoms with Crippen molar-refractivity contribution in [1.82, 2.24) is 15.0 Å². The lowest BCUT2D eigenvalue weighted by atomic mass is 9.99. The van der Waals surface area contributed by atoms with E-state index in [1.165, 1.54) is 35.2 Å². The van der Waals surface area contributed by atoms with Crippen molar-refractivity contribution < 1.29 is 32.4 Å². The number of amides is 3. The second kappa shape index (κ2) is 12.2. The van der Waals surface area contributed by atoms with Crippen LogP contribution in [0.1, 0.15) is 35.7 Å². The van der Waals surface area contributed by atoms with E-state index in [0.29, 0.717) is 17.1 Å². The van der Waals surface area contributed by atoms with Gasteiger partial charge in [0, 0.05) is 25.2 Å². The summed E-state index contributed by atoms with van der Waals surface area (Å²) in [6, 6.07) is 11.5. The van der Waals surface area contributed by atoms with Crippen LogP contribution in [0.3, 0.4) is 0 Å². The second-order valence-electron chi connectivity index (χ2n) is 10.3. The van der Waals surface area contributed by atoms with Gasteiger partial charge in [-0.05, 0) is 51.1 Å². The summed E-state index contributed by atoms with van der Waals surface area (Å²) in [6.45, 7) is 7.21. The Labute approximate surface area is 239 Å². The van der Waals surface area contributed by atoms with E-state index in [2.05, 4.69) is 15.2 Å². The number of carbonyl (C=O) groups excluding carboxylic acids is 2. The Hall–Kier alpha value is -4.10. The Kier molecular flexibility index (Phi) is 8.88. The molecule has 2 aromatic carbocycles. The van der Waals surface area contributed by atoms with Crippen LogP contribution < -0.4 is 14.8 Å². The highest BCUT2D eigenvalue weighted by Gasteiger charge is 2.34. The number of urea groups is 1. The minimum atomic E-state index is -3.90. The lowest BCUT2D eigenvalue weighted by molar-refractivity contribution is 0.0371. The molecule has 220 valence electrons. The molecule has 41 heavy (non-hydrogen) atoms. The van der Waals surface area contributed by atoms with E-state index in [0.717, 1.165) is 0 Å². The Morgan fingerprint density at radius 1 is 1.22 bits per heavy atom. The first-order valence-corrected chi connectivity index (χ1v) is 14.6. The fourth-order valence-corrected chi connectivity index (χ4v) is 5.60. The lowest BCUT2D eigenvalue weighted by Gasteiger charge is -2.38. The Bertz CT molecular complexity index is 1490. The van der Waals surface area contributed by atoms with E-state index in [1.54, 1.807) is 50.9 Å². The summed E-state index contributed by atoms with van der Waals surface area (Å²) in [6.07, 6.45) is -0.539. The van der Waals surface area contributed by atoms with Gasteiger partial charge in [-0.2, -0.15) is 0 Å². The molecule has 2 heterocycles. The predicted molar refractivity (Wildman–Crippen MR) is 152 cm³/mol. The van der Waals surface area contributed by atoms with Crippen LogP contribution in [-0.4, -0.2) is 79.3 Å². The number of ether oxygens (including phenoxy) is 1. The number of nitrogens with one attached hydrogen (secondary N) is 2. The van der Waals surface area contributed by atoms with Gasteiger partial charge in [0.15, 0.2) is 5.76 Å². The standard InChI is InChI=1S/C28H35N5O7S/c1-17-14-33(18(2)16-34)27(35)23-13-21(31-41(37,38)22-9-7-6-8-10-22)11-12-24(23)39-25(17)15-32(5)28(36)29-26-19(3)30-40-20(26)4/h6-13,17-18,25,31,34H,14-16H2,1-5H3,(H,29,36)/t17-,18+,25-/m1/s1.